The second-order valence-corrected chi connectivity index (χ2v) is 6.34. The minimum absolute atomic E-state index is 0.00693. The van der Waals surface area contributed by atoms with Crippen LogP contribution in [0.15, 0.2) is 18.2 Å². The van der Waals surface area contributed by atoms with E-state index in [1.165, 1.54) is 6.92 Å². The van der Waals surface area contributed by atoms with Gasteiger partial charge in [0.15, 0.2) is 0 Å². The first kappa shape index (κ1) is 16.4. The smallest absolute Gasteiger partial charge is 0.302 e. The molecule has 1 aromatic carbocycles. The Balaban J connectivity index is 1.94. The van der Waals surface area contributed by atoms with Gasteiger partial charge in [0.2, 0.25) is 0 Å². The molecule has 1 saturated carbocycles. The molecular formula is C15H18Cl2O4. The lowest BCUT2D eigenvalue weighted by Crippen LogP contribution is -2.20. The lowest BCUT2D eigenvalue weighted by Gasteiger charge is -2.16. The number of halogens is 2. The van der Waals surface area contributed by atoms with E-state index in [4.69, 9.17) is 32.7 Å². The zero-order valence-electron chi connectivity index (χ0n) is 11.7. The van der Waals surface area contributed by atoms with E-state index in [2.05, 4.69) is 0 Å². The Bertz CT molecular complexity index is 506. The third kappa shape index (κ3) is 5.06. The molecule has 0 radical (unpaired) electrons. The van der Waals surface area contributed by atoms with Crippen LogP contribution in [-0.4, -0.2) is 29.2 Å². The zero-order chi connectivity index (χ0) is 15.4. The number of rotatable bonds is 5. The summed E-state index contributed by atoms with van der Waals surface area (Å²) in [6.45, 7) is 1.89. The van der Waals surface area contributed by atoms with Crippen molar-refractivity contribution in [1.29, 1.82) is 0 Å². The van der Waals surface area contributed by atoms with Gasteiger partial charge in [0.1, 0.15) is 12.4 Å². The van der Waals surface area contributed by atoms with E-state index in [1.54, 1.807) is 18.2 Å². The Hall–Kier alpha value is -0.970. The molecule has 0 bridgehead atoms. The van der Waals surface area contributed by atoms with E-state index in [1.807, 2.05) is 0 Å². The second-order valence-electron chi connectivity index (χ2n) is 5.28. The molecule has 1 fully saturated rings. The summed E-state index contributed by atoms with van der Waals surface area (Å²) in [5.74, 6) is 0.276. The van der Waals surface area contributed by atoms with Crippen molar-refractivity contribution in [2.24, 2.45) is 5.92 Å². The molecule has 0 aliphatic heterocycles. The molecule has 0 spiro atoms. The van der Waals surface area contributed by atoms with E-state index in [9.17, 15) is 9.90 Å². The van der Waals surface area contributed by atoms with E-state index < -0.39 is 6.10 Å². The molecule has 1 aliphatic carbocycles. The molecule has 0 unspecified atom stereocenters. The van der Waals surface area contributed by atoms with Gasteiger partial charge in [-0.3, -0.25) is 4.79 Å². The highest BCUT2D eigenvalue weighted by molar-refractivity contribution is 6.30. The van der Waals surface area contributed by atoms with Crippen LogP contribution in [0.3, 0.4) is 0 Å². The molecule has 1 aromatic rings. The summed E-state index contributed by atoms with van der Waals surface area (Å²) >= 11 is 12.0. The van der Waals surface area contributed by atoms with Crippen molar-refractivity contribution in [3.63, 3.8) is 0 Å². The van der Waals surface area contributed by atoms with Crippen LogP contribution in [0.1, 0.15) is 25.3 Å². The third-order valence-corrected chi connectivity index (χ3v) is 4.01. The Morgan fingerprint density at radius 1 is 1.38 bits per heavy atom. The van der Waals surface area contributed by atoms with Gasteiger partial charge >= 0.3 is 5.97 Å². The van der Waals surface area contributed by atoms with Crippen molar-refractivity contribution >= 4 is 29.2 Å². The monoisotopic (exact) mass is 332 g/mol. The molecule has 0 heterocycles. The van der Waals surface area contributed by atoms with Crippen molar-refractivity contribution in [2.45, 2.75) is 37.9 Å². The standard InChI is InChI=1S/C15H18Cl2O4/c1-9(18)20-7-10-2-12(16)5-14(3-10)21-8-11-4-13(17)6-15(11)19/h2-3,5,11,13,15,19H,4,6-8H2,1H3/t11-,13-,15+/m0/s1. The van der Waals surface area contributed by atoms with Crippen molar-refractivity contribution in [2.75, 3.05) is 6.61 Å². The quantitative estimate of drug-likeness (QED) is 0.664. The summed E-state index contributed by atoms with van der Waals surface area (Å²) in [6, 6.07) is 5.18. The molecule has 3 atom stereocenters. The summed E-state index contributed by atoms with van der Waals surface area (Å²) in [5.41, 5.74) is 0.759. The van der Waals surface area contributed by atoms with Crippen molar-refractivity contribution < 1.29 is 19.4 Å². The van der Waals surface area contributed by atoms with Crippen LogP contribution in [0, 0.1) is 5.92 Å². The Kier molecular flexibility index (Phi) is 5.73. The first-order valence-electron chi connectivity index (χ1n) is 6.82. The fraction of sp³-hybridized carbons (Fsp3) is 0.533. The predicted octanol–water partition coefficient (Wildman–Crippen LogP) is 3.16. The van der Waals surface area contributed by atoms with E-state index >= 15 is 0 Å². The first-order chi connectivity index (χ1) is 9.94. The highest BCUT2D eigenvalue weighted by atomic mass is 35.5. The molecular weight excluding hydrogens is 315 g/mol. The topological polar surface area (TPSA) is 55.8 Å². The number of hydrogen-bond acceptors (Lipinski definition) is 4. The molecule has 0 aromatic heterocycles. The number of aliphatic hydroxyl groups is 1. The molecule has 116 valence electrons. The highest BCUT2D eigenvalue weighted by Crippen LogP contribution is 2.31. The van der Waals surface area contributed by atoms with Gasteiger partial charge in [-0.05, 0) is 36.6 Å². The van der Waals surface area contributed by atoms with Gasteiger partial charge in [0, 0.05) is 23.2 Å². The molecule has 2 rings (SSSR count). The van der Waals surface area contributed by atoms with E-state index in [-0.39, 0.29) is 23.9 Å². The van der Waals surface area contributed by atoms with Gasteiger partial charge in [0.05, 0.1) is 12.7 Å². The molecule has 1 N–H and O–H groups in total. The number of carbonyl (C=O) groups is 1. The molecule has 0 saturated heterocycles. The van der Waals surface area contributed by atoms with Crippen molar-refractivity contribution in [1.82, 2.24) is 0 Å². The zero-order valence-corrected chi connectivity index (χ0v) is 13.2. The lowest BCUT2D eigenvalue weighted by atomic mass is 10.1. The van der Waals surface area contributed by atoms with Gasteiger partial charge < -0.3 is 14.6 Å². The van der Waals surface area contributed by atoms with Crippen molar-refractivity contribution in [3.05, 3.63) is 28.8 Å². The number of ether oxygens (including phenoxy) is 2. The SMILES string of the molecule is CC(=O)OCc1cc(Cl)cc(OC[C@@H]2C[C@H](Cl)C[C@H]2O)c1. The van der Waals surface area contributed by atoms with Crippen LogP contribution in [0.2, 0.25) is 5.02 Å². The third-order valence-electron chi connectivity index (χ3n) is 3.44. The first-order valence-corrected chi connectivity index (χ1v) is 7.63. The summed E-state index contributed by atoms with van der Waals surface area (Å²) in [7, 11) is 0. The Morgan fingerprint density at radius 2 is 2.14 bits per heavy atom. The van der Waals surface area contributed by atoms with Crippen LogP contribution >= 0.6 is 23.2 Å². The number of alkyl halides is 1. The summed E-state index contributed by atoms with van der Waals surface area (Å²) < 4.78 is 10.6. The molecule has 0 amide bonds. The number of carbonyl (C=O) groups excluding carboxylic acids is 1. The van der Waals surface area contributed by atoms with Gasteiger partial charge in [-0.25, -0.2) is 0 Å². The number of esters is 1. The van der Waals surface area contributed by atoms with Gasteiger partial charge in [-0.2, -0.15) is 0 Å². The average Bonchev–Trinajstić information content (AvgIpc) is 2.72. The number of benzene rings is 1. The van der Waals surface area contributed by atoms with E-state index in [0.717, 1.165) is 12.0 Å². The fourth-order valence-corrected chi connectivity index (χ4v) is 3.05. The minimum Gasteiger partial charge on any atom is -0.493 e. The molecule has 1 aliphatic rings. The van der Waals surface area contributed by atoms with Gasteiger partial charge in [-0.15, -0.1) is 11.6 Å². The van der Waals surface area contributed by atoms with Crippen LogP contribution in [0.25, 0.3) is 0 Å². The maximum Gasteiger partial charge on any atom is 0.302 e. The van der Waals surface area contributed by atoms with Crippen LogP contribution < -0.4 is 4.74 Å². The second kappa shape index (κ2) is 7.34. The number of aliphatic hydroxyl groups excluding tert-OH is 1. The maximum atomic E-state index is 10.8. The Labute approximate surface area is 133 Å². The molecule has 21 heavy (non-hydrogen) atoms. The van der Waals surface area contributed by atoms with Gasteiger partial charge in [-0.1, -0.05) is 11.6 Å². The summed E-state index contributed by atoms with van der Waals surface area (Å²) in [6.07, 6.45) is 0.916. The minimum atomic E-state index is -0.424. The van der Waals surface area contributed by atoms with Crippen molar-refractivity contribution in [3.8, 4) is 5.75 Å². The Morgan fingerprint density at radius 3 is 2.76 bits per heavy atom. The molecule has 4 nitrogen and oxygen atoms in total. The largest absolute Gasteiger partial charge is 0.493 e. The normalized spacial score (nSPS) is 24.9. The molecule has 6 heteroatoms. The lowest BCUT2D eigenvalue weighted by molar-refractivity contribution is -0.142. The summed E-state index contributed by atoms with van der Waals surface area (Å²) in [5, 5.41) is 10.4. The highest BCUT2D eigenvalue weighted by Gasteiger charge is 2.32. The van der Waals surface area contributed by atoms with Crippen LogP contribution in [-0.2, 0) is 16.1 Å². The van der Waals surface area contributed by atoms with Crippen LogP contribution in [0.4, 0.5) is 0 Å². The fourth-order valence-electron chi connectivity index (χ4n) is 2.39. The van der Waals surface area contributed by atoms with Gasteiger partial charge in [0.25, 0.3) is 0 Å². The number of hydrogen-bond donors (Lipinski definition) is 1. The predicted molar refractivity (Wildman–Crippen MR) is 80.8 cm³/mol. The summed E-state index contributed by atoms with van der Waals surface area (Å²) in [4.78, 5) is 10.8. The maximum absolute atomic E-state index is 10.8. The average molecular weight is 333 g/mol. The van der Waals surface area contributed by atoms with E-state index in [0.29, 0.717) is 23.8 Å². The van der Waals surface area contributed by atoms with Crippen LogP contribution in [0.5, 0.6) is 5.75 Å².